The van der Waals surface area contributed by atoms with Gasteiger partial charge in [0.2, 0.25) is 11.8 Å². The van der Waals surface area contributed by atoms with Crippen LogP contribution >= 0.6 is 23.2 Å². The molecule has 11 heteroatoms. The maximum atomic E-state index is 14.1. The van der Waals surface area contributed by atoms with E-state index >= 15 is 0 Å². The molecule has 0 spiro atoms. The van der Waals surface area contributed by atoms with Crippen molar-refractivity contribution in [3.05, 3.63) is 88.4 Å². The van der Waals surface area contributed by atoms with E-state index in [9.17, 15) is 18.0 Å². The maximum Gasteiger partial charge on any atom is 0.264 e. The van der Waals surface area contributed by atoms with Crippen molar-refractivity contribution in [1.29, 1.82) is 0 Å². The Morgan fingerprint density at radius 1 is 0.927 bits per heavy atom. The second-order valence-corrected chi connectivity index (χ2v) is 12.5. The first-order valence-corrected chi connectivity index (χ1v) is 15.5. The van der Waals surface area contributed by atoms with E-state index in [2.05, 4.69) is 5.32 Å². The Kier molecular flexibility index (Phi) is 11.5. The molecule has 0 fully saturated rings. The lowest BCUT2D eigenvalue weighted by Crippen LogP contribution is -2.51. The van der Waals surface area contributed by atoms with Crippen LogP contribution in [-0.2, 0) is 26.2 Å². The molecule has 0 unspecified atom stereocenters. The highest BCUT2D eigenvalue weighted by atomic mass is 35.5. The normalized spacial score (nSPS) is 12.1. The number of carbonyl (C=O) groups is 2. The molecule has 1 N–H and O–H groups in total. The van der Waals surface area contributed by atoms with Crippen molar-refractivity contribution in [2.75, 3.05) is 24.0 Å². The summed E-state index contributed by atoms with van der Waals surface area (Å²) in [6.07, 6.45) is 0. The molecule has 8 nitrogen and oxygen atoms in total. The van der Waals surface area contributed by atoms with Gasteiger partial charge in [0.1, 0.15) is 18.3 Å². The highest BCUT2D eigenvalue weighted by Gasteiger charge is 2.33. The van der Waals surface area contributed by atoms with Gasteiger partial charge in [-0.15, -0.1) is 0 Å². The summed E-state index contributed by atoms with van der Waals surface area (Å²) in [4.78, 5) is 28.5. The molecule has 3 aromatic carbocycles. The van der Waals surface area contributed by atoms with Gasteiger partial charge in [0.15, 0.2) is 0 Å². The van der Waals surface area contributed by atoms with Crippen molar-refractivity contribution in [1.82, 2.24) is 10.2 Å². The van der Waals surface area contributed by atoms with Gasteiger partial charge in [-0.2, -0.15) is 0 Å². The average molecular weight is 621 g/mol. The zero-order chi connectivity index (χ0) is 30.2. The summed E-state index contributed by atoms with van der Waals surface area (Å²) in [5.41, 5.74) is 0.835. The first-order valence-electron chi connectivity index (χ1n) is 13.3. The molecular weight excluding hydrogens is 585 g/mol. The predicted octanol–water partition coefficient (Wildman–Crippen LogP) is 5.78. The fourth-order valence-electron chi connectivity index (χ4n) is 4.04. The minimum absolute atomic E-state index is 0.00167. The van der Waals surface area contributed by atoms with E-state index in [1.54, 1.807) is 74.5 Å². The maximum absolute atomic E-state index is 14.1. The van der Waals surface area contributed by atoms with Crippen LogP contribution in [-0.4, -0.2) is 50.9 Å². The lowest BCUT2D eigenvalue weighted by molar-refractivity contribution is -0.139. The second-order valence-electron chi connectivity index (χ2n) is 9.81. The number of hydrogen-bond acceptors (Lipinski definition) is 5. The molecular formula is C30H35Cl2N3O5S. The quantitative estimate of drug-likeness (QED) is 0.262. The summed E-state index contributed by atoms with van der Waals surface area (Å²) in [5, 5.41) is 3.51. The minimum Gasteiger partial charge on any atom is -0.492 e. The molecule has 41 heavy (non-hydrogen) atoms. The number of halogens is 2. The SMILES string of the molecule is CCOc1ccccc1N(CC(=O)N(Cc1ccc(Cl)c(Cl)c1)[C@H](C)C(=O)NCC(C)C)S(=O)(=O)c1ccccc1. The lowest BCUT2D eigenvalue weighted by atomic mass is 10.1. The number of carbonyl (C=O) groups excluding carboxylic acids is 2. The van der Waals surface area contributed by atoms with Crippen LogP contribution in [0.3, 0.4) is 0 Å². The molecule has 0 aliphatic carbocycles. The summed E-state index contributed by atoms with van der Waals surface area (Å²) in [6, 6.07) is 18.5. The van der Waals surface area contributed by atoms with Gasteiger partial charge in [-0.25, -0.2) is 8.42 Å². The van der Waals surface area contributed by atoms with Crippen LogP contribution in [0.1, 0.15) is 33.3 Å². The number of nitrogens with zero attached hydrogens (tertiary/aromatic N) is 2. The van der Waals surface area contributed by atoms with E-state index in [0.29, 0.717) is 34.5 Å². The Labute approximate surface area is 252 Å². The summed E-state index contributed by atoms with van der Waals surface area (Å²) < 4.78 is 34.7. The molecule has 2 amide bonds. The smallest absolute Gasteiger partial charge is 0.264 e. The highest BCUT2D eigenvalue weighted by Crippen LogP contribution is 2.33. The number of ether oxygens (including phenoxy) is 1. The predicted molar refractivity (Wildman–Crippen MR) is 163 cm³/mol. The van der Waals surface area contributed by atoms with Crippen LogP contribution in [0.25, 0.3) is 0 Å². The molecule has 0 bridgehead atoms. The van der Waals surface area contributed by atoms with Crippen molar-refractivity contribution in [2.45, 2.75) is 45.2 Å². The van der Waals surface area contributed by atoms with Gasteiger partial charge in [-0.3, -0.25) is 13.9 Å². The van der Waals surface area contributed by atoms with Crippen molar-refractivity contribution in [3.63, 3.8) is 0 Å². The zero-order valence-corrected chi connectivity index (χ0v) is 25.8. The lowest BCUT2D eigenvalue weighted by Gasteiger charge is -2.32. The molecule has 0 saturated carbocycles. The van der Waals surface area contributed by atoms with Crippen molar-refractivity contribution >= 4 is 50.7 Å². The molecule has 3 rings (SSSR count). The largest absolute Gasteiger partial charge is 0.492 e. The van der Waals surface area contributed by atoms with Crippen LogP contribution < -0.4 is 14.4 Å². The van der Waals surface area contributed by atoms with Crippen molar-refractivity contribution in [3.8, 4) is 5.75 Å². The van der Waals surface area contributed by atoms with E-state index in [1.807, 2.05) is 13.8 Å². The Balaban J connectivity index is 2.06. The second kappa shape index (κ2) is 14.6. The van der Waals surface area contributed by atoms with Gasteiger partial charge < -0.3 is 15.0 Å². The third-order valence-corrected chi connectivity index (χ3v) is 8.75. The molecule has 0 radical (unpaired) electrons. The molecule has 1 atom stereocenters. The zero-order valence-electron chi connectivity index (χ0n) is 23.5. The van der Waals surface area contributed by atoms with Crippen LogP contribution in [0.4, 0.5) is 5.69 Å². The van der Waals surface area contributed by atoms with E-state index in [0.717, 1.165) is 4.31 Å². The first kappa shape index (κ1) is 32.2. The van der Waals surface area contributed by atoms with Crippen molar-refractivity contribution < 1.29 is 22.7 Å². The Morgan fingerprint density at radius 3 is 2.22 bits per heavy atom. The molecule has 0 heterocycles. The summed E-state index contributed by atoms with van der Waals surface area (Å²) in [6.45, 7) is 7.46. The molecule has 220 valence electrons. The fourth-order valence-corrected chi connectivity index (χ4v) is 5.81. The number of benzene rings is 3. The van der Waals surface area contributed by atoms with E-state index < -0.39 is 28.5 Å². The van der Waals surface area contributed by atoms with Gasteiger partial charge in [0, 0.05) is 13.1 Å². The topological polar surface area (TPSA) is 96.0 Å². The van der Waals surface area contributed by atoms with Crippen LogP contribution in [0.15, 0.2) is 77.7 Å². The number of nitrogens with one attached hydrogen (secondary N) is 1. The average Bonchev–Trinajstić information content (AvgIpc) is 2.95. The molecule has 0 aliphatic heterocycles. The summed E-state index contributed by atoms with van der Waals surface area (Å²) in [5.74, 6) is -0.443. The third kappa shape index (κ3) is 8.38. The number of anilines is 1. The Hall–Kier alpha value is -3.27. The molecule has 0 saturated heterocycles. The molecule has 0 aliphatic rings. The number of rotatable bonds is 13. The summed E-state index contributed by atoms with van der Waals surface area (Å²) >= 11 is 12.3. The van der Waals surface area contributed by atoms with Crippen molar-refractivity contribution in [2.24, 2.45) is 5.92 Å². The van der Waals surface area contributed by atoms with Gasteiger partial charge >= 0.3 is 0 Å². The number of sulfonamides is 1. The third-order valence-electron chi connectivity index (χ3n) is 6.23. The Morgan fingerprint density at radius 2 is 1.59 bits per heavy atom. The fraction of sp³-hybridized carbons (Fsp3) is 0.333. The van der Waals surface area contributed by atoms with Gasteiger partial charge in [0.05, 0.1) is 27.2 Å². The van der Waals surface area contributed by atoms with Gasteiger partial charge in [-0.05, 0) is 61.7 Å². The first-order chi connectivity index (χ1) is 19.4. The highest BCUT2D eigenvalue weighted by molar-refractivity contribution is 7.92. The standard InChI is InChI=1S/C30H35Cl2N3O5S/c1-5-40-28-14-10-9-13-27(28)35(41(38,39)24-11-7-6-8-12-24)20-29(36)34(22(4)30(37)33-18-21(2)3)19-23-15-16-25(31)26(32)17-23/h6-17,21-22H,5,18-20H2,1-4H3,(H,33,37)/t22-/m1/s1. The summed E-state index contributed by atoms with van der Waals surface area (Å²) in [7, 11) is -4.21. The number of amides is 2. The molecule has 3 aromatic rings. The van der Waals surface area contributed by atoms with Crippen LogP contribution in [0, 0.1) is 5.92 Å². The Bertz CT molecular complexity index is 1450. The number of para-hydroxylation sites is 2. The van der Waals surface area contributed by atoms with E-state index in [1.165, 1.54) is 17.0 Å². The monoisotopic (exact) mass is 619 g/mol. The van der Waals surface area contributed by atoms with Gasteiger partial charge in [0.25, 0.3) is 10.0 Å². The molecule has 0 aromatic heterocycles. The minimum atomic E-state index is -4.21. The number of hydrogen-bond donors (Lipinski definition) is 1. The van der Waals surface area contributed by atoms with Crippen LogP contribution in [0.2, 0.25) is 10.0 Å². The van der Waals surface area contributed by atoms with E-state index in [-0.39, 0.29) is 29.0 Å². The van der Waals surface area contributed by atoms with E-state index in [4.69, 9.17) is 27.9 Å². The van der Waals surface area contributed by atoms with Gasteiger partial charge in [-0.1, -0.05) is 73.4 Å². The van der Waals surface area contributed by atoms with Crippen LogP contribution in [0.5, 0.6) is 5.75 Å².